The third kappa shape index (κ3) is 5.46. The van der Waals surface area contributed by atoms with E-state index in [2.05, 4.69) is 49.7 Å². The number of urea groups is 1. The zero-order valence-corrected chi connectivity index (χ0v) is 16.7. The normalized spacial score (nSPS) is 19.9. The van der Waals surface area contributed by atoms with Crippen LogP contribution in [0, 0.1) is 0 Å². The van der Waals surface area contributed by atoms with Crippen molar-refractivity contribution in [3.05, 3.63) is 54.2 Å². The second-order valence-electron chi connectivity index (χ2n) is 7.62. The Hall–Kier alpha value is -2.64. The van der Waals surface area contributed by atoms with Crippen molar-refractivity contribution in [3.63, 3.8) is 0 Å². The largest absolute Gasteiger partial charge is 0.374 e. The van der Waals surface area contributed by atoms with E-state index < -0.39 is 0 Å². The number of anilines is 2. The summed E-state index contributed by atoms with van der Waals surface area (Å²) < 4.78 is 5.85. The van der Waals surface area contributed by atoms with Gasteiger partial charge in [-0.2, -0.15) is 0 Å². The van der Waals surface area contributed by atoms with Crippen molar-refractivity contribution in [2.24, 2.45) is 0 Å². The quantitative estimate of drug-likeness (QED) is 0.787. The van der Waals surface area contributed by atoms with Crippen LogP contribution in [0.2, 0.25) is 0 Å². The number of pyridine rings is 1. The molecule has 2 aliphatic heterocycles. The first-order chi connectivity index (χ1) is 14.3. The van der Waals surface area contributed by atoms with Gasteiger partial charge in [-0.25, -0.2) is 9.78 Å². The lowest BCUT2D eigenvalue weighted by atomic mass is 10.2. The summed E-state index contributed by atoms with van der Waals surface area (Å²) in [6.07, 6.45) is 4.10. The number of ether oxygens (including phenoxy) is 1. The van der Waals surface area contributed by atoms with Gasteiger partial charge >= 0.3 is 6.03 Å². The minimum atomic E-state index is -0.220. The summed E-state index contributed by atoms with van der Waals surface area (Å²) in [7, 11) is 0. The highest BCUT2D eigenvalue weighted by Gasteiger charge is 2.22. The number of amides is 2. The molecule has 0 radical (unpaired) electrons. The molecule has 2 aliphatic rings. The Morgan fingerprint density at radius 3 is 2.76 bits per heavy atom. The molecule has 154 valence electrons. The average molecular weight is 396 g/mol. The van der Waals surface area contributed by atoms with Crippen molar-refractivity contribution in [2.45, 2.75) is 25.5 Å². The van der Waals surface area contributed by atoms with E-state index in [1.807, 2.05) is 18.2 Å². The molecule has 3 heterocycles. The lowest BCUT2D eigenvalue weighted by molar-refractivity contribution is -0.0285. The average Bonchev–Trinajstić information content (AvgIpc) is 3.28. The van der Waals surface area contributed by atoms with Gasteiger partial charge < -0.3 is 20.3 Å². The lowest BCUT2D eigenvalue weighted by Crippen LogP contribution is -2.47. The van der Waals surface area contributed by atoms with E-state index in [0.29, 0.717) is 13.2 Å². The lowest BCUT2D eigenvalue weighted by Gasteiger charge is -2.33. The highest BCUT2D eigenvalue weighted by atomic mass is 16.5. The highest BCUT2D eigenvalue weighted by molar-refractivity contribution is 5.92. The number of aromatic nitrogens is 1. The number of nitrogens with one attached hydrogen (secondary N) is 2. The maximum absolute atomic E-state index is 12.5. The molecule has 2 aromatic rings. The van der Waals surface area contributed by atoms with Crippen molar-refractivity contribution in [1.29, 1.82) is 0 Å². The standard InChI is InChI=1S/C22H29N5O2/c28-22(25-20-9-6-10-23-21(20)27-11-4-5-12-27)24-15-19-17-26(13-14-29-19)16-18-7-2-1-3-8-18/h1-3,6-10,19H,4-5,11-17H2,(H2,24,25,28)/t19-/m0/s1. The van der Waals surface area contributed by atoms with E-state index in [9.17, 15) is 4.79 Å². The summed E-state index contributed by atoms with van der Waals surface area (Å²) in [5.41, 5.74) is 2.05. The predicted molar refractivity (Wildman–Crippen MR) is 114 cm³/mol. The van der Waals surface area contributed by atoms with E-state index in [4.69, 9.17) is 4.74 Å². The zero-order chi connectivity index (χ0) is 19.9. The molecule has 7 heteroatoms. The fourth-order valence-corrected chi connectivity index (χ4v) is 3.94. The van der Waals surface area contributed by atoms with Gasteiger partial charge in [0.05, 0.1) is 18.4 Å². The summed E-state index contributed by atoms with van der Waals surface area (Å²) >= 11 is 0. The molecule has 2 fully saturated rings. The minimum absolute atomic E-state index is 0.00911. The van der Waals surface area contributed by atoms with E-state index in [-0.39, 0.29) is 12.1 Å². The van der Waals surface area contributed by atoms with E-state index in [1.165, 1.54) is 18.4 Å². The number of hydrogen-bond donors (Lipinski definition) is 2. The van der Waals surface area contributed by atoms with Crippen molar-refractivity contribution in [3.8, 4) is 0 Å². The number of carbonyl (C=O) groups is 1. The molecular formula is C22H29N5O2. The molecule has 0 saturated carbocycles. The van der Waals surface area contributed by atoms with Crippen LogP contribution in [-0.2, 0) is 11.3 Å². The Morgan fingerprint density at radius 2 is 1.93 bits per heavy atom. The van der Waals surface area contributed by atoms with Gasteiger partial charge in [-0.15, -0.1) is 0 Å². The molecule has 0 bridgehead atoms. The molecule has 2 N–H and O–H groups in total. The second kappa shape index (κ2) is 9.71. The van der Waals surface area contributed by atoms with Gasteiger partial charge in [0, 0.05) is 45.5 Å². The molecule has 2 saturated heterocycles. The summed E-state index contributed by atoms with van der Waals surface area (Å²) in [6.45, 7) is 5.76. The Kier molecular flexibility index (Phi) is 6.59. The van der Waals surface area contributed by atoms with Crippen LogP contribution in [-0.4, -0.2) is 61.3 Å². The van der Waals surface area contributed by atoms with Gasteiger partial charge in [0.25, 0.3) is 0 Å². The van der Waals surface area contributed by atoms with Gasteiger partial charge in [0.2, 0.25) is 0 Å². The SMILES string of the molecule is O=C(NC[C@H]1CN(Cc2ccccc2)CCO1)Nc1cccnc1N1CCCC1. The van der Waals surface area contributed by atoms with Crippen molar-refractivity contribution in [2.75, 3.05) is 49.5 Å². The van der Waals surface area contributed by atoms with Crippen molar-refractivity contribution in [1.82, 2.24) is 15.2 Å². The molecule has 29 heavy (non-hydrogen) atoms. The fraction of sp³-hybridized carbons (Fsp3) is 0.455. The van der Waals surface area contributed by atoms with E-state index in [1.54, 1.807) is 6.20 Å². The van der Waals surface area contributed by atoms with Gasteiger partial charge in [0.15, 0.2) is 5.82 Å². The minimum Gasteiger partial charge on any atom is -0.374 e. The number of hydrogen-bond acceptors (Lipinski definition) is 5. The van der Waals surface area contributed by atoms with Gasteiger partial charge in [0.1, 0.15) is 0 Å². The topological polar surface area (TPSA) is 69.7 Å². The first kappa shape index (κ1) is 19.7. The van der Waals surface area contributed by atoms with Gasteiger partial charge in [-0.05, 0) is 30.5 Å². The van der Waals surface area contributed by atoms with Crippen LogP contribution in [0.25, 0.3) is 0 Å². The summed E-state index contributed by atoms with van der Waals surface area (Å²) in [4.78, 5) is 21.5. The Labute approximate surface area is 172 Å². The van der Waals surface area contributed by atoms with E-state index >= 15 is 0 Å². The van der Waals surface area contributed by atoms with Gasteiger partial charge in [-0.1, -0.05) is 30.3 Å². The molecule has 4 rings (SSSR count). The molecular weight excluding hydrogens is 366 g/mol. The van der Waals surface area contributed by atoms with Crippen LogP contribution in [0.15, 0.2) is 48.7 Å². The molecule has 1 atom stereocenters. The van der Waals surface area contributed by atoms with Crippen LogP contribution in [0.4, 0.5) is 16.3 Å². The summed E-state index contributed by atoms with van der Waals surface area (Å²) in [5.74, 6) is 0.850. The number of carbonyl (C=O) groups excluding carboxylic acids is 1. The molecule has 1 aromatic carbocycles. The monoisotopic (exact) mass is 395 g/mol. The smallest absolute Gasteiger partial charge is 0.319 e. The number of rotatable bonds is 6. The first-order valence-corrected chi connectivity index (χ1v) is 10.4. The highest BCUT2D eigenvalue weighted by Crippen LogP contribution is 2.25. The molecule has 1 aromatic heterocycles. The number of morpholine rings is 1. The zero-order valence-electron chi connectivity index (χ0n) is 16.7. The second-order valence-corrected chi connectivity index (χ2v) is 7.62. The van der Waals surface area contributed by atoms with E-state index in [0.717, 1.165) is 44.2 Å². The van der Waals surface area contributed by atoms with Crippen LogP contribution >= 0.6 is 0 Å². The molecule has 0 aliphatic carbocycles. The third-order valence-electron chi connectivity index (χ3n) is 5.40. The maximum atomic E-state index is 12.5. The van der Waals surface area contributed by atoms with Crippen molar-refractivity contribution >= 4 is 17.5 Å². The maximum Gasteiger partial charge on any atom is 0.319 e. The van der Waals surface area contributed by atoms with Crippen LogP contribution in [0.5, 0.6) is 0 Å². The Balaban J connectivity index is 1.26. The third-order valence-corrected chi connectivity index (χ3v) is 5.40. The molecule has 7 nitrogen and oxygen atoms in total. The van der Waals surface area contributed by atoms with Gasteiger partial charge in [-0.3, -0.25) is 4.90 Å². The number of nitrogens with zero attached hydrogens (tertiary/aromatic N) is 3. The van der Waals surface area contributed by atoms with Crippen LogP contribution < -0.4 is 15.5 Å². The predicted octanol–water partition coefficient (Wildman–Crippen LogP) is 2.70. The number of benzene rings is 1. The fourth-order valence-electron chi connectivity index (χ4n) is 3.94. The first-order valence-electron chi connectivity index (χ1n) is 10.4. The molecule has 0 spiro atoms. The molecule has 2 amide bonds. The molecule has 0 unspecified atom stereocenters. The van der Waals surface area contributed by atoms with Crippen LogP contribution in [0.1, 0.15) is 18.4 Å². The Morgan fingerprint density at radius 1 is 1.10 bits per heavy atom. The summed E-state index contributed by atoms with van der Waals surface area (Å²) in [6, 6.07) is 14.0. The van der Waals surface area contributed by atoms with Crippen molar-refractivity contribution < 1.29 is 9.53 Å². The summed E-state index contributed by atoms with van der Waals surface area (Å²) in [5, 5.41) is 5.91. The van der Waals surface area contributed by atoms with Crippen LogP contribution in [0.3, 0.4) is 0 Å². The Bertz CT molecular complexity index is 795.